The number of urea groups is 1. The first-order valence-electron chi connectivity index (χ1n) is 10.7. The molecule has 1 aromatic heterocycles. The smallest absolute Gasteiger partial charge is 0.475 e. The molecule has 0 unspecified atom stereocenters. The van der Waals surface area contributed by atoms with Crippen molar-refractivity contribution in [3.05, 3.63) is 54.4 Å². The van der Waals surface area contributed by atoms with Crippen LogP contribution in [0.3, 0.4) is 0 Å². The third-order valence-electron chi connectivity index (χ3n) is 5.17. The number of imide groups is 1. The van der Waals surface area contributed by atoms with Crippen molar-refractivity contribution in [2.75, 3.05) is 4.90 Å². The summed E-state index contributed by atoms with van der Waals surface area (Å²) in [6, 6.07) is 8.37. The largest absolute Gasteiger partial charge is 0.490 e. The SMILES string of the molecule is O=C(O)C(F)(F)F.O=C(O)C(F)(F)F.O=C1N(c2ccc(SC(F)(F)F)cc2)C(=O)C2(CC2)N1Cc1ccncc1. The van der Waals surface area contributed by atoms with Gasteiger partial charge >= 0.3 is 35.8 Å². The van der Waals surface area contributed by atoms with Crippen molar-refractivity contribution in [3.63, 3.8) is 0 Å². The Hall–Kier alpha value is -4.03. The lowest BCUT2D eigenvalue weighted by atomic mass is 10.2. The number of hydrogen-bond donors (Lipinski definition) is 2. The Bertz CT molecular complexity index is 1240. The minimum absolute atomic E-state index is 0.000113. The van der Waals surface area contributed by atoms with Crippen LogP contribution in [0.15, 0.2) is 53.7 Å². The number of halogens is 9. The molecule has 224 valence electrons. The van der Waals surface area contributed by atoms with E-state index in [0.717, 1.165) is 10.5 Å². The molecular formula is C22H16F9N3O6S. The molecular weight excluding hydrogens is 605 g/mol. The number of carbonyl (C=O) groups excluding carboxylic acids is 2. The molecule has 3 amide bonds. The molecule has 2 fully saturated rings. The van der Waals surface area contributed by atoms with Gasteiger partial charge in [-0.25, -0.2) is 19.3 Å². The van der Waals surface area contributed by atoms with Gasteiger partial charge in [-0.05, 0) is 66.6 Å². The van der Waals surface area contributed by atoms with Crippen molar-refractivity contribution < 1.29 is 68.9 Å². The van der Waals surface area contributed by atoms with Crippen LogP contribution in [0, 0.1) is 0 Å². The fraction of sp³-hybridized carbons (Fsp3) is 0.318. The summed E-state index contributed by atoms with van der Waals surface area (Å²) < 4.78 is 101. The molecule has 0 bridgehead atoms. The molecule has 0 radical (unpaired) electrons. The van der Waals surface area contributed by atoms with E-state index in [1.807, 2.05) is 0 Å². The zero-order chi connectivity index (χ0) is 31.4. The van der Waals surface area contributed by atoms with Crippen LogP contribution in [0.4, 0.5) is 50.0 Å². The van der Waals surface area contributed by atoms with Gasteiger partial charge in [-0.15, -0.1) is 0 Å². The molecule has 2 aliphatic rings. The van der Waals surface area contributed by atoms with Gasteiger partial charge < -0.3 is 15.1 Å². The van der Waals surface area contributed by atoms with Crippen molar-refractivity contribution in [2.24, 2.45) is 0 Å². The number of aliphatic carboxylic acids is 2. The highest BCUT2D eigenvalue weighted by Gasteiger charge is 2.65. The van der Waals surface area contributed by atoms with Crippen LogP contribution in [-0.2, 0) is 20.9 Å². The maximum atomic E-state index is 12.9. The monoisotopic (exact) mass is 621 g/mol. The highest BCUT2D eigenvalue weighted by molar-refractivity contribution is 8.00. The Morgan fingerprint density at radius 3 is 1.63 bits per heavy atom. The van der Waals surface area contributed by atoms with E-state index in [0.29, 0.717) is 12.8 Å². The van der Waals surface area contributed by atoms with Crippen molar-refractivity contribution in [1.82, 2.24) is 9.88 Å². The maximum Gasteiger partial charge on any atom is 0.490 e. The van der Waals surface area contributed by atoms with Gasteiger partial charge in [0.2, 0.25) is 0 Å². The van der Waals surface area contributed by atoms with E-state index in [4.69, 9.17) is 19.8 Å². The van der Waals surface area contributed by atoms with Crippen LogP contribution in [0.1, 0.15) is 18.4 Å². The zero-order valence-electron chi connectivity index (χ0n) is 19.9. The van der Waals surface area contributed by atoms with E-state index >= 15 is 0 Å². The number of carboxylic acid groups (broad SMARTS) is 2. The predicted octanol–water partition coefficient (Wildman–Crippen LogP) is 5.46. The lowest BCUT2D eigenvalue weighted by Gasteiger charge is -2.21. The van der Waals surface area contributed by atoms with E-state index in [1.165, 1.54) is 24.3 Å². The van der Waals surface area contributed by atoms with Gasteiger partial charge in [0.25, 0.3) is 5.91 Å². The highest BCUT2D eigenvalue weighted by atomic mass is 32.2. The first-order chi connectivity index (χ1) is 18.7. The number of benzene rings is 1. The molecule has 4 rings (SSSR count). The summed E-state index contributed by atoms with van der Waals surface area (Å²) in [5, 5.41) is 14.2. The molecule has 1 spiro atoms. The normalized spacial score (nSPS) is 16.0. The summed E-state index contributed by atoms with van der Waals surface area (Å²) in [6.45, 7) is 0.283. The number of pyridine rings is 1. The summed E-state index contributed by atoms with van der Waals surface area (Å²) in [5.74, 6) is -5.84. The summed E-state index contributed by atoms with van der Waals surface area (Å²) >= 11 is -0.237. The Labute approximate surface area is 227 Å². The van der Waals surface area contributed by atoms with E-state index in [9.17, 15) is 49.1 Å². The molecule has 1 aromatic carbocycles. The van der Waals surface area contributed by atoms with Gasteiger partial charge in [-0.1, -0.05) is 0 Å². The number of anilines is 1. The first kappa shape index (κ1) is 33.2. The Morgan fingerprint density at radius 1 is 0.829 bits per heavy atom. The lowest BCUT2D eigenvalue weighted by molar-refractivity contribution is -0.193. The molecule has 41 heavy (non-hydrogen) atoms. The van der Waals surface area contributed by atoms with Gasteiger partial charge in [-0.3, -0.25) is 9.78 Å². The van der Waals surface area contributed by atoms with E-state index in [-0.39, 0.29) is 34.8 Å². The predicted molar refractivity (Wildman–Crippen MR) is 120 cm³/mol. The fourth-order valence-electron chi connectivity index (χ4n) is 3.23. The van der Waals surface area contributed by atoms with Crippen molar-refractivity contribution in [3.8, 4) is 0 Å². The second-order valence-corrected chi connectivity index (χ2v) is 9.18. The van der Waals surface area contributed by atoms with Gasteiger partial charge in [0, 0.05) is 23.8 Å². The topological polar surface area (TPSA) is 128 Å². The average Bonchev–Trinajstić information content (AvgIpc) is 3.61. The van der Waals surface area contributed by atoms with Crippen LogP contribution < -0.4 is 4.90 Å². The van der Waals surface area contributed by atoms with Crippen molar-refractivity contribution in [1.29, 1.82) is 0 Å². The number of alkyl halides is 9. The second-order valence-electron chi connectivity index (χ2n) is 8.04. The molecule has 19 heteroatoms. The summed E-state index contributed by atoms with van der Waals surface area (Å²) in [4.78, 5) is 50.1. The standard InChI is InChI=1S/C18H14F3N3O2S.2C2HF3O2/c19-18(20,21)27-14-3-1-13(2-4-14)24-15(25)17(7-8-17)23(16(24)26)11-12-5-9-22-10-6-12;2*3-2(4,5)1(6)7/h1-6,9-10H,7-8,11H2;2*(H,6,7). The van der Waals surface area contributed by atoms with E-state index in [1.54, 1.807) is 29.4 Å². The van der Waals surface area contributed by atoms with Gasteiger partial charge in [0.05, 0.1) is 5.69 Å². The third-order valence-corrected chi connectivity index (χ3v) is 5.91. The number of carboxylic acids is 2. The first-order valence-corrected chi connectivity index (χ1v) is 11.5. The number of hydrogen-bond acceptors (Lipinski definition) is 6. The number of nitrogens with zero attached hydrogens (tertiary/aromatic N) is 3. The average molecular weight is 621 g/mol. The van der Waals surface area contributed by atoms with E-state index < -0.39 is 41.4 Å². The lowest BCUT2D eigenvalue weighted by Crippen LogP contribution is -2.36. The van der Waals surface area contributed by atoms with Crippen LogP contribution in [0.5, 0.6) is 0 Å². The van der Waals surface area contributed by atoms with Crippen molar-refractivity contribution >= 4 is 41.3 Å². The number of carbonyl (C=O) groups is 4. The minimum atomic E-state index is -5.08. The number of rotatable bonds is 4. The molecule has 1 saturated heterocycles. The van der Waals surface area contributed by atoms with Crippen LogP contribution in [0.25, 0.3) is 0 Å². The van der Waals surface area contributed by atoms with Crippen LogP contribution in [0.2, 0.25) is 0 Å². The van der Waals surface area contributed by atoms with Crippen LogP contribution in [-0.4, -0.2) is 67.4 Å². The molecule has 0 atom stereocenters. The fourth-order valence-corrected chi connectivity index (χ4v) is 3.77. The second kappa shape index (κ2) is 12.2. The third kappa shape index (κ3) is 8.98. The minimum Gasteiger partial charge on any atom is -0.475 e. The molecule has 1 aliphatic heterocycles. The Morgan fingerprint density at radius 2 is 1.27 bits per heavy atom. The number of amides is 3. The molecule has 2 heterocycles. The Balaban J connectivity index is 0.000000349. The molecule has 2 aromatic rings. The summed E-state index contributed by atoms with van der Waals surface area (Å²) in [7, 11) is 0. The van der Waals surface area contributed by atoms with Gasteiger partial charge in [0.15, 0.2) is 0 Å². The number of aromatic nitrogens is 1. The van der Waals surface area contributed by atoms with Crippen molar-refractivity contribution in [2.45, 2.75) is 47.7 Å². The van der Waals surface area contributed by atoms with Crippen LogP contribution >= 0.6 is 11.8 Å². The summed E-state index contributed by atoms with van der Waals surface area (Å²) in [6.07, 6.45) is -5.76. The maximum absolute atomic E-state index is 12.9. The molecule has 1 aliphatic carbocycles. The molecule has 9 nitrogen and oxygen atoms in total. The molecule has 1 saturated carbocycles. The summed E-state index contributed by atoms with van der Waals surface area (Å²) in [5.41, 5.74) is -4.09. The Kier molecular flexibility index (Phi) is 9.90. The zero-order valence-corrected chi connectivity index (χ0v) is 20.7. The van der Waals surface area contributed by atoms with Gasteiger partial charge in [0.1, 0.15) is 5.54 Å². The highest BCUT2D eigenvalue weighted by Crippen LogP contribution is 2.50. The number of thioether (sulfide) groups is 1. The molecule has 2 N–H and O–H groups in total. The van der Waals surface area contributed by atoms with E-state index in [2.05, 4.69) is 4.98 Å². The van der Waals surface area contributed by atoms with Gasteiger partial charge in [-0.2, -0.15) is 39.5 Å². The quantitative estimate of drug-likeness (QED) is 0.262.